The van der Waals surface area contributed by atoms with Crippen LogP contribution in [0.2, 0.25) is 0 Å². The molecule has 5 aliphatic rings. The average molecular weight is 708 g/mol. The highest BCUT2D eigenvalue weighted by molar-refractivity contribution is 7.93. The summed E-state index contributed by atoms with van der Waals surface area (Å²) in [5, 5.41) is 4.04. The Kier molecular flexibility index (Phi) is 6.87. The third kappa shape index (κ3) is 5.22. The number of halogens is 4. The number of nitrogens with one attached hydrogen (secondary N) is 2. The number of anilines is 2. The number of nitrogens with zero attached hydrogens (tertiary/aromatic N) is 3. The van der Waals surface area contributed by atoms with Crippen LogP contribution in [0.15, 0.2) is 53.6 Å². The highest BCUT2D eigenvalue weighted by Crippen LogP contribution is 2.66. The standard InChI is InChI=1S/C30H25F4N5O5S3/c31-18-4-2-6-21(44-28(33)34)26(18)47(42,43)39-19-5-1-3-15(22(19)32)24-25(45-27(37-24)30-9-14(10-30)11-30)20-7-8-35-29(36-20)38-23-16-12-46(40,41)13-17(16)23/h1-8,14,16-17,23,28,39H,9-13H2,(H,35,36,38)/t14?,16-,17+,23?,30?. The number of rotatable bonds is 10. The number of ether oxygens (including phenoxy) is 1. The third-order valence-electron chi connectivity index (χ3n) is 9.44. The number of benzene rings is 2. The van der Waals surface area contributed by atoms with Gasteiger partial charge in [0.1, 0.15) is 16.6 Å². The fourth-order valence-corrected chi connectivity index (χ4v) is 11.8. The Morgan fingerprint density at radius 3 is 2.40 bits per heavy atom. The Morgan fingerprint density at radius 1 is 1.00 bits per heavy atom. The van der Waals surface area contributed by atoms with Crippen LogP contribution in [0, 0.1) is 29.4 Å². The SMILES string of the molecule is O=S1(=O)C[C@@H]2C(Nc3nccc(-c4sc(C56CC(C5)C6)nc4-c4cccc(NS(=O)(=O)c5c(F)cccc5OC(F)F)c4F)n3)[C@@H]2C1. The molecule has 17 heteroatoms. The maximum absolute atomic E-state index is 16.3. The molecule has 1 saturated heterocycles. The number of sulfone groups is 1. The lowest BCUT2D eigenvalue weighted by Crippen LogP contribution is -2.55. The molecule has 9 rings (SSSR count). The van der Waals surface area contributed by atoms with Crippen LogP contribution < -0.4 is 14.8 Å². The first-order valence-corrected chi connectivity index (χ1v) is 18.8. The van der Waals surface area contributed by atoms with Crippen molar-refractivity contribution in [3.63, 3.8) is 0 Å². The van der Waals surface area contributed by atoms with Gasteiger partial charge in [0.2, 0.25) is 5.95 Å². The topological polar surface area (TPSA) is 140 Å². The van der Waals surface area contributed by atoms with Crippen molar-refractivity contribution in [2.75, 3.05) is 21.5 Å². The van der Waals surface area contributed by atoms with Gasteiger partial charge in [0, 0.05) is 23.2 Å². The van der Waals surface area contributed by atoms with E-state index in [1.54, 1.807) is 6.07 Å². The fourth-order valence-electron chi connectivity index (χ4n) is 7.04. The van der Waals surface area contributed by atoms with Gasteiger partial charge in [-0.2, -0.15) is 8.78 Å². The molecule has 2 aromatic carbocycles. The van der Waals surface area contributed by atoms with Crippen LogP contribution in [-0.2, 0) is 25.3 Å². The van der Waals surface area contributed by atoms with Crippen molar-refractivity contribution in [2.24, 2.45) is 17.8 Å². The minimum atomic E-state index is -4.94. The second-order valence-electron chi connectivity index (χ2n) is 12.5. The first-order valence-electron chi connectivity index (χ1n) is 14.7. The zero-order chi connectivity index (χ0) is 32.9. The van der Waals surface area contributed by atoms with Crippen molar-refractivity contribution in [3.8, 4) is 27.6 Å². The molecule has 2 N–H and O–H groups in total. The number of aromatic nitrogens is 3. The van der Waals surface area contributed by atoms with Crippen molar-refractivity contribution in [1.29, 1.82) is 0 Å². The summed E-state index contributed by atoms with van der Waals surface area (Å²) in [4.78, 5) is 13.2. The first-order chi connectivity index (χ1) is 22.3. The highest BCUT2D eigenvalue weighted by atomic mass is 32.2. The molecule has 0 amide bonds. The normalized spacial score (nSPS) is 26.7. The van der Waals surface area contributed by atoms with E-state index in [2.05, 4.69) is 20.0 Å². The predicted molar refractivity (Wildman–Crippen MR) is 164 cm³/mol. The second-order valence-corrected chi connectivity index (χ2v) is 17.3. The monoisotopic (exact) mass is 707 g/mol. The zero-order valence-electron chi connectivity index (χ0n) is 24.2. The molecule has 2 bridgehead atoms. The molecule has 3 heterocycles. The lowest BCUT2D eigenvalue weighted by Gasteiger charge is -2.60. The van der Waals surface area contributed by atoms with Gasteiger partial charge in [-0.05, 0) is 67.3 Å². The van der Waals surface area contributed by atoms with Crippen LogP contribution in [0.5, 0.6) is 5.75 Å². The van der Waals surface area contributed by atoms with Crippen LogP contribution in [-0.4, -0.2) is 55.9 Å². The Morgan fingerprint density at radius 2 is 1.72 bits per heavy atom. The molecular weight excluding hydrogens is 683 g/mol. The number of hydrogen-bond acceptors (Lipinski definition) is 10. The van der Waals surface area contributed by atoms with E-state index in [1.807, 2.05) is 4.72 Å². The Labute approximate surface area is 270 Å². The molecule has 1 unspecified atom stereocenters. The van der Waals surface area contributed by atoms with Crippen LogP contribution in [0.4, 0.5) is 29.2 Å². The van der Waals surface area contributed by atoms with E-state index >= 15 is 4.39 Å². The molecule has 3 atom stereocenters. The van der Waals surface area contributed by atoms with Gasteiger partial charge in [-0.3, -0.25) is 4.72 Å². The largest absolute Gasteiger partial charge is 0.433 e. The second kappa shape index (κ2) is 10.6. The van der Waals surface area contributed by atoms with Gasteiger partial charge in [-0.25, -0.2) is 40.6 Å². The summed E-state index contributed by atoms with van der Waals surface area (Å²) in [5.41, 5.74) is -0.0478. The van der Waals surface area contributed by atoms with Gasteiger partial charge < -0.3 is 10.1 Å². The Balaban J connectivity index is 1.15. The minimum Gasteiger partial charge on any atom is -0.433 e. The van der Waals surface area contributed by atoms with Gasteiger partial charge in [-0.15, -0.1) is 11.3 Å². The number of alkyl halides is 2. The first kappa shape index (κ1) is 30.5. The molecular formula is C30H25F4N5O5S3. The number of hydrogen-bond donors (Lipinski definition) is 2. The van der Waals surface area contributed by atoms with E-state index in [1.165, 1.54) is 29.7 Å². The molecule has 10 nitrogen and oxygen atoms in total. The fraction of sp³-hybridized carbons (Fsp3) is 0.367. The average Bonchev–Trinajstić information content (AvgIpc) is 3.25. The lowest BCUT2D eigenvalue weighted by molar-refractivity contribution is -0.0520. The molecule has 0 spiro atoms. The van der Waals surface area contributed by atoms with E-state index < -0.39 is 54.4 Å². The molecule has 5 fully saturated rings. The van der Waals surface area contributed by atoms with Gasteiger partial charge in [0.25, 0.3) is 10.0 Å². The Hall–Kier alpha value is -3.83. The summed E-state index contributed by atoms with van der Waals surface area (Å²) in [6, 6.07) is 8.17. The third-order valence-corrected chi connectivity index (χ3v) is 14.0. The number of sulfonamides is 1. The van der Waals surface area contributed by atoms with Crippen molar-refractivity contribution in [1.82, 2.24) is 15.0 Å². The summed E-state index contributed by atoms with van der Waals surface area (Å²) in [6.07, 6.45) is 4.45. The molecule has 246 valence electrons. The Bertz CT molecular complexity index is 2130. The summed E-state index contributed by atoms with van der Waals surface area (Å²) in [7, 11) is -7.97. The summed E-state index contributed by atoms with van der Waals surface area (Å²) in [6.45, 7) is -3.43. The van der Waals surface area contributed by atoms with Gasteiger partial charge in [0.05, 0.1) is 33.5 Å². The predicted octanol–water partition coefficient (Wildman–Crippen LogP) is 5.45. The molecule has 1 aliphatic heterocycles. The lowest BCUT2D eigenvalue weighted by atomic mass is 9.45. The number of fused-ring (bicyclic) bond motifs is 1. The summed E-state index contributed by atoms with van der Waals surface area (Å²) in [5.74, 6) is -2.13. The van der Waals surface area contributed by atoms with E-state index in [0.29, 0.717) is 22.4 Å². The molecule has 0 radical (unpaired) electrons. The van der Waals surface area contributed by atoms with Crippen LogP contribution in [0.1, 0.15) is 24.3 Å². The van der Waals surface area contributed by atoms with Crippen LogP contribution in [0.3, 0.4) is 0 Å². The van der Waals surface area contributed by atoms with Crippen molar-refractivity contribution < 1.29 is 39.1 Å². The molecule has 4 aromatic rings. The van der Waals surface area contributed by atoms with Gasteiger partial charge in [0.15, 0.2) is 20.5 Å². The van der Waals surface area contributed by atoms with E-state index in [4.69, 9.17) is 4.98 Å². The highest BCUT2D eigenvalue weighted by Gasteiger charge is 2.60. The van der Waals surface area contributed by atoms with E-state index in [-0.39, 0.29) is 46.1 Å². The van der Waals surface area contributed by atoms with Crippen LogP contribution in [0.25, 0.3) is 21.8 Å². The summed E-state index contributed by atoms with van der Waals surface area (Å²) >= 11 is 1.37. The van der Waals surface area contributed by atoms with E-state index in [0.717, 1.165) is 48.5 Å². The van der Waals surface area contributed by atoms with Crippen molar-refractivity contribution in [3.05, 3.63) is 65.3 Å². The molecule has 2 aromatic heterocycles. The van der Waals surface area contributed by atoms with E-state index in [9.17, 15) is 30.0 Å². The van der Waals surface area contributed by atoms with Crippen molar-refractivity contribution >= 4 is 42.8 Å². The minimum absolute atomic E-state index is 0.00472. The maximum atomic E-state index is 16.3. The molecule has 4 aliphatic carbocycles. The summed E-state index contributed by atoms with van der Waals surface area (Å²) < 4.78 is 113. The van der Waals surface area contributed by atoms with Crippen LogP contribution >= 0.6 is 11.3 Å². The maximum Gasteiger partial charge on any atom is 0.387 e. The smallest absolute Gasteiger partial charge is 0.387 e. The zero-order valence-corrected chi connectivity index (χ0v) is 26.6. The number of thiazole rings is 1. The quantitative estimate of drug-likeness (QED) is 0.206. The molecule has 47 heavy (non-hydrogen) atoms. The van der Waals surface area contributed by atoms with Crippen molar-refractivity contribution in [2.45, 2.75) is 42.2 Å². The van der Waals surface area contributed by atoms with Gasteiger partial charge in [-0.1, -0.05) is 12.1 Å². The van der Waals surface area contributed by atoms with Gasteiger partial charge >= 0.3 is 6.61 Å². The molecule has 4 saturated carbocycles.